The highest BCUT2D eigenvalue weighted by molar-refractivity contribution is 4.89. The average Bonchev–Trinajstić information content (AvgIpc) is 2.41. The molecular weight excluding hydrogens is 255 g/mol. The fourth-order valence-corrected chi connectivity index (χ4v) is 4.01. The predicted octanol–water partition coefficient (Wildman–Crippen LogP) is 1.96. The molecule has 2 heterocycles. The van der Waals surface area contributed by atoms with E-state index < -0.39 is 6.17 Å². The quantitative estimate of drug-likeness (QED) is 0.740. The summed E-state index contributed by atoms with van der Waals surface area (Å²) >= 11 is 0. The van der Waals surface area contributed by atoms with E-state index in [1.807, 2.05) is 0 Å². The van der Waals surface area contributed by atoms with Crippen LogP contribution in [0, 0.1) is 23.7 Å². The Morgan fingerprint density at radius 2 is 1.95 bits per heavy atom. The van der Waals surface area contributed by atoms with E-state index in [0.29, 0.717) is 36.9 Å². The minimum absolute atomic E-state index is 0.186. The minimum Gasteiger partial charge on any atom is -0.392 e. The van der Waals surface area contributed by atoms with Gasteiger partial charge in [-0.15, -0.1) is 0 Å². The molecule has 2 fully saturated rings. The normalized spacial score (nSPS) is 40.8. The van der Waals surface area contributed by atoms with E-state index in [9.17, 15) is 9.50 Å². The van der Waals surface area contributed by atoms with Gasteiger partial charge in [0.05, 0.1) is 6.10 Å². The van der Waals surface area contributed by atoms with Crippen LogP contribution in [0.5, 0.6) is 0 Å². The lowest BCUT2D eigenvalue weighted by molar-refractivity contribution is 0.0398. The average molecular weight is 286 g/mol. The standard InChI is InChI=1S/C16H31FN2O/c1-10(2)14-7-12(19-8-15(14)17)6-11(3)13-4-5-18-9-16(13)20/h10-16,18-20H,4-9H2,1-3H3. The van der Waals surface area contributed by atoms with E-state index >= 15 is 0 Å². The summed E-state index contributed by atoms with van der Waals surface area (Å²) in [4.78, 5) is 0. The maximum atomic E-state index is 13.9. The largest absolute Gasteiger partial charge is 0.392 e. The summed E-state index contributed by atoms with van der Waals surface area (Å²) in [6.07, 6.45) is 2.11. The lowest BCUT2D eigenvalue weighted by Gasteiger charge is -2.39. The second-order valence-electron chi connectivity index (χ2n) is 7.20. The first-order chi connectivity index (χ1) is 9.49. The molecule has 118 valence electrons. The van der Waals surface area contributed by atoms with E-state index in [1.54, 1.807) is 0 Å². The van der Waals surface area contributed by atoms with Gasteiger partial charge in [0.1, 0.15) is 6.17 Å². The van der Waals surface area contributed by atoms with Crippen LogP contribution < -0.4 is 10.6 Å². The van der Waals surface area contributed by atoms with Gasteiger partial charge in [-0.2, -0.15) is 0 Å². The van der Waals surface area contributed by atoms with Crippen LogP contribution in [0.3, 0.4) is 0 Å². The molecule has 0 radical (unpaired) electrons. The zero-order valence-corrected chi connectivity index (χ0v) is 13.1. The first kappa shape index (κ1) is 16.2. The number of aliphatic hydroxyl groups is 1. The molecule has 0 amide bonds. The monoisotopic (exact) mass is 286 g/mol. The van der Waals surface area contributed by atoms with Gasteiger partial charge >= 0.3 is 0 Å². The Morgan fingerprint density at radius 1 is 1.20 bits per heavy atom. The van der Waals surface area contributed by atoms with Gasteiger partial charge < -0.3 is 15.7 Å². The van der Waals surface area contributed by atoms with Gasteiger partial charge in [-0.1, -0.05) is 20.8 Å². The lowest BCUT2D eigenvalue weighted by Crippen LogP contribution is -2.49. The molecule has 0 aromatic carbocycles. The maximum Gasteiger partial charge on any atom is 0.116 e. The van der Waals surface area contributed by atoms with Gasteiger partial charge in [0.2, 0.25) is 0 Å². The summed E-state index contributed by atoms with van der Waals surface area (Å²) in [5.41, 5.74) is 0. The Labute approximate surface area is 122 Å². The smallest absolute Gasteiger partial charge is 0.116 e. The Bertz CT molecular complexity index is 300. The minimum atomic E-state index is -0.703. The van der Waals surface area contributed by atoms with Crippen LogP contribution in [-0.2, 0) is 0 Å². The number of halogens is 1. The zero-order chi connectivity index (χ0) is 14.7. The predicted molar refractivity (Wildman–Crippen MR) is 80.4 cm³/mol. The van der Waals surface area contributed by atoms with E-state index in [-0.39, 0.29) is 12.0 Å². The van der Waals surface area contributed by atoms with Crippen molar-refractivity contribution >= 4 is 0 Å². The fraction of sp³-hybridized carbons (Fsp3) is 1.00. The van der Waals surface area contributed by atoms with Crippen LogP contribution in [0.1, 0.15) is 40.0 Å². The third-order valence-corrected chi connectivity index (χ3v) is 5.37. The second-order valence-corrected chi connectivity index (χ2v) is 7.20. The first-order valence-corrected chi connectivity index (χ1v) is 8.25. The highest BCUT2D eigenvalue weighted by Crippen LogP contribution is 2.32. The number of piperidine rings is 2. The third-order valence-electron chi connectivity index (χ3n) is 5.37. The summed E-state index contributed by atoms with van der Waals surface area (Å²) < 4.78 is 13.9. The molecule has 3 N–H and O–H groups in total. The summed E-state index contributed by atoms with van der Waals surface area (Å²) in [5.74, 6) is 1.48. The summed E-state index contributed by atoms with van der Waals surface area (Å²) in [6, 6.07) is 0.409. The maximum absolute atomic E-state index is 13.9. The highest BCUT2D eigenvalue weighted by Gasteiger charge is 2.35. The molecule has 6 atom stereocenters. The number of alkyl halides is 1. The van der Waals surface area contributed by atoms with E-state index in [0.717, 1.165) is 25.8 Å². The van der Waals surface area contributed by atoms with Crippen LogP contribution in [0.4, 0.5) is 4.39 Å². The molecule has 2 saturated heterocycles. The van der Waals surface area contributed by atoms with Crippen LogP contribution in [0.25, 0.3) is 0 Å². The lowest BCUT2D eigenvalue weighted by atomic mass is 9.76. The number of β-amino-alcohol motifs (C(OH)–C–C–N with tert-alkyl or cyclic N) is 1. The SMILES string of the molecule is CC(C)C1CC(CC(C)C2CCNCC2O)NCC1F. The van der Waals surface area contributed by atoms with Gasteiger partial charge in [0, 0.05) is 19.1 Å². The molecule has 0 saturated carbocycles. The molecule has 0 aromatic rings. The van der Waals surface area contributed by atoms with Crippen molar-refractivity contribution in [3.63, 3.8) is 0 Å². The highest BCUT2D eigenvalue weighted by atomic mass is 19.1. The molecule has 0 spiro atoms. The van der Waals surface area contributed by atoms with Crippen LogP contribution >= 0.6 is 0 Å². The van der Waals surface area contributed by atoms with Crippen molar-refractivity contribution in [3.8, 4) is 0 Å². The van der Waals surface area contributed by atoms with E-state index in [4.69, 9.17) is 0 Å². The number of hydrogen-bond donors (Lipinski definition) is 3. The van der Waals surface area contributed by atoms with Crippen molar-refractivity contribution in [1.29, 1.82) is 0 Å². The topological polar surface area (TPSA) is 44.3 Å². The van der Waals surface area contributed by atoms with E-state index in [2.05, 4.69) is 31.4 Å². The van der Waals surface area contributed by atoms with Crippen molar-refractivity contribution < 1.29 is 9.50 Å². The number of nitrogens with one attached hydrogen (secondary N) is 2. The molecule has 4 heteroatoms. The van der Waals surface area contributed by atoms with Gasteiger partial charge in [-0.25, -0.2) is 4.39 Å². The van der Waals surface area contributed by atoms with Crippen molar-refractivity contribution in [3.05, 3.63) is 0 Å². The molecule has 6 unspecified atom stereocenters. The molecule has 0 bridgehead atoms. The van der Waals surface area contributed by atoms with E-state index in [1.165, 1.54) is 0 Å². The van der Waals surface area contributed by atoms with Gasteiger partial charge in [-0.05, 0) is 49.5 Å². The summed E-state index contributed by atoms with van der Waals surface area (Å²) in [5, 5.41) is 16.7. The zero-order valence-electron chi connectivity index (χ0n) is 13.1. The molecule has 2 aliphatic rings. The fourth-order valence-electron chi connectivity index (χ4n) is 4.01. The Balaban J connectivity index is 1.86. The van der Waals surface area contributed by atoms with Crippen LogP contribution in [-0.4, -0.2) is 43.1 Å². The molecule has 0 aromatic heterocycles. The van der Waals surface area contributed by atoms with Crippen molar-refractivity contribution in [2.75, 3.05) is 19.6 Å². The molecule has 2 rings (SSSR count). The Hall–Kier alpha value is -0.190. The summed E-state index contributed by atoms with van der Waals surface area (Å²) in [6.45, 7) is 8.71. The van der Waals surface area contributed by atoms with Gasteiger partial charge in [-0.3, -0.25) is 0 Å². The summed E-state index contributed by atoms with van der Waals surface area (Å²) in [7, 11) is 0. The van der Waals surface area contributed by atoms with Gasteiger partial charge in [0.25, 0.3) is 0 Å². The molecule has 20 heavy (non-hydrogen) atoms. The molecular formula is C16H31FN2O. The Kier molecular flexibility index (Phi) is 5.82. The molecule has 3 nitrogen and oxygen atoms in total. The van der Waals surface area contributed by atoms with Gasteiger partial charge in [0.15, 0.2) is 0 Å². The van der Waals surface area contributed by atoms with Crippen molar-refractivity contribution in [2.45, 2.75) is 58.4 Å². The second kappa shape index (κ2) is 7.19. The molecule has 2 aliphatic heterocycles. The van der Waals surface area contributed by atoms with Crippen LogP contribution in [0.2, 0.25) is 0 Å². The molecule has 0 aliphatic carbocycles. The van der Waals surface area contributed by atoms with Crippen molar-refractivity contribution in [1.82, 2.24) is 10.6 Å². The third kappa shape index (κ3) is 3.92. The van der Waals surface area contributed by atoms with Crippen molar-refractivity contribution in [2.24, 2.45) is 23.7 Å². The first-order valence-electron chi connectivity index (χ1n) is 8.25. The number of hydrogen-bond acceptors (Lipinski definition) is 3. The number of rotatable bonds is 4. The Morgan fingerprint density at radius 3 is 2.60 bits per heavy atom. The number of aliphatic hydroxyl groups excluding tert-OH is 1. The van der Waals surface area contributed by atoms with Crippen LogP contribution in [0.15, 0.2) is 0 Å².